The maximum atomic E-state index is 6.35. The van der Waals surface area contributed by atoms with Crippen molar-refractivity contribution in [3.63, 3.8) is 0 Å². The number of rotatable bonds is 3. The molecule has 0 radical (unpaired) electrons. The molecule has 2 aliphatic carbocycles. The van der Waals surface area contributed by atoms with Gasteiger partial charge in [-0.2, -0.15) is 0 Å². The minimum Gasteiger partial charge on any atom is -0.397 e. The summed E-state index contributed by atoms with van der Waals surface area (Å²) in [5, 5.41) is 5.00. The van der Waals surface area contributed by atoms with Crippen LogP contribution in [0.15, 0.2) is 152 Å². The molecule has 212 valence electrons. The van der Waals surface area contributed by atoms with Gasteiger partial charge in [0, 0.05) is 5.56 Å². The largest absolute Gasteiger partial charge is 0.397 e. The summed E-state index contributed by atoms with van der Waals surface area (Å²) in [4.78, 5) is 4.94. The van der Waals surface area contributed by atoms with E-state index in [1.807, 2.05) is 37.3 Å². The third-order valence-corrected chi connectivity index (χ3v) is 9.74. The molecule has 1 spiro atoms. The van der Waals surface area contributed by atoms with Gasteiger partial charge in [-0.15, -0.1) is 0 Å². The standard InChI is InChI=1S/C43H30N2/c1-2-3-17-39(44)41-19-10-18-40(45-41)29-21-20-28-25-35-34-23-22-27-11-4-5-12-31(27)42(34)43(38(35)26-30(28)24-29)36-15-8-6-13-32(36)33-14-7-9-16-37(33)43/h2-26H,44H2,1H3/b3-2-,39-17-. The zero-order chi connectivity index (χ0) is 30.1. The Hall–Kier alpha value is -5.73. The Kier molecular flexibility index (Phi) is 5.51. The van der Waals surface area contributed by atoms with Crippen molar-refractivity contribution in [3.05, 3.63) is 180 Å². The first-order chi connectivity index (χ1) is 22.2. The fraction of sp³-hybridized carbons (Fsp3) is 0.0465. The van der Waals surface area contributed by atoms with Gasteiger partial charge in [-0.1, -0.05) is 115 Å². The molecular formula is C43H30N2. The molecule has 45 heavy (non-hydrogen) atoms. The van der Waals surface area contributed by atoms with Crippen molar-refractivity contribution < 1.29 is 0 Å². The number of hydrogen-bond acceptors (Lipinski definition) is 2. The predicted octanol–water partition coefficient (Wildman–Crippen LogP) is 10.3. The van der Waals surface area contributed by atoms with Crippen LogP contribution in [0.3, 0.4) is 0 Å². The monoisotopic (exact) mass is 574 g/mol. The Balaban J connectivity index is 1.34. The molecule has 0 unspecified atom stereocenters. The Bertz CT molecular complexity index is 2360. The quantitative estimate of drug-likeness (QED) is 0.213. The molecule has 2 heteroatoms. The molecule has 0 saturated heterocycles. The van der Waals surface area contributed by atoms with E-state index >= 15 is 0 Å². The van der Waals surface area contributed by atoms with E-state index in [9.17, 15) is 0 Å². The molecule has 7 aromatic rings. The number of aromatic nitrogens is 1. The van der Waals surface area contributed by atoms with Gasteiger partial charge in [0.15, 0.2) is 0 Å². The fourth-order valence-corrected chi connectivity index (χ4v) is 7.86. The van der Waals surface area contributed by atoms with E-state index in [1.165, 1.54) is 66.1 Å². The lowest BCUT2D eigenvalue weighted by molar-refractivity contribution is 0.802. The van der Waals surface area contributed by atoms with Crippen molar-refractivity contribution >= 4 is 27.2 Å². The summed E-state index contributed by atoms with van der Waals surface area (Å²) in [5.41, 5.74) is 20.1. The smallest absolute Gasteiger partial charge is 0.0866 e. The molecule has 1 heterocycles. The zero-order valence-electron chi connectivity index (χ0n) is 25.0. The van der Waals surface area contributed by atoms with Gasteiger partial charge in [-0.05, 0) is 109 Å². The van der Waals surface area contributed by atoms with Crippen LogP contribution in [-0.4, -0.2) is 4.98 Å². The van der Waals surface area contributed by atoms with E-state index in [-0.39, 0.29) is 0 Å². The third kappa shape index (κ3) is 3.54. The number of nitrogens with two attached hydrogens (primary N) is 1. The Morgan fingerprint density at radius 3 is 2.13 bits per heavy atom. The average molecular weight is 575 g/mol. The Morgan fingerprint density at radius 2 is 1.33 bits per heavy atom. The van der Waals surface area contributed by atoms with E-state index in [2.05, 4.69) is 121 Å². The van der Waals surface area contributed by atoms with Crippen LogP contribution in [0, 0.1) is 0 Å². The highest BCUT2D eigenvalue weighted by Gasteiger charge is 2.52. The van der Waals surface area contributed by atoms with Crippen molar-refractivity contribution in [1.29, 1.82) is 0 Å². The van der Waals surface area contributed by atoms with E-state index in [4.69, 9.17) is 10.7 Å². The maximum absolute atomic E-state index is 6.35. The number of benzene rings is 6. The normalized spacial score (nSPS) is 14.2. The van der Waals surface area contributed by atoms with Crippen LogP contribution in [0.25, 0.3) is 60.8 Å². The number of nitrogens with zero attached hydrogens (tertiary/aromatic N) is 1. The number of hydrogen-bond donors (Lipinski definition) is 1. The summed E-state index contributed by atoms with van der Waals surface area (Å²) in [6.45, 7) is 1.98. The molecule has 0 saturated carbocycles. The zero-order valence-corrected chi connectivity index (χ0v) is 25.0. The van der Waals surface area contributed by atoms with E-state index < -0.39 is 5.41 Å². The van der Waals surface area contributed by atoms with Gasteiger partial charge in [-0.25, -0.2) is 4.98 Å². The minimum absolute atomic E-state index is 0.410. The lowest BCUT2D eigenvalue weighted by Crippen LogP contribution is -2.26. The van der Waals surface area contributed by atoms with E-state index in [0.29, 0.717) is 5.70 Å². The van der Waals surface area contributed by atoms with Crippen LogP contribution in [0.5, 0.6) is 0 Å². The van der Waals surface area contributed by atoms with Gasteiger partial charge in [0.1, 0.15) is 0 Å². The van der Waals surface area contributed by atoms with Gasteiger partial charge in [0.25, 0.3) is 0 Å². The molecule has 2 nitrogen and oxygen atoms in total. The minimum atomic E-state index is -0.410. The summed E-state index contributed by atoms with van der Waals surface area (Å²) < 4.78 is 0. The predicted molar refractivity (Wildman–Crippen MR) is 188 cm³/mol. The van der Waals surface area contributed by atoms with Crippen molar-refractivity contribution in [1.82, 2.24) is 4.98 Å². The number of allylic oxidation sites excluding steroid dienone is 3. The molecule has 0 bridgehead atoms. The van der Waals surface area contributed by atoms with Gasteiger partial charge in [-0.3, -0.25) is 0 Å². The van der Waals surface area contributed by atoms with Crippen LogP contribution in [0.4, 0.5) is 0 Å². The molecule has 0 atom stereocenters. The fourth-order valence-electron chi connectivity index (χ4n) is 7.86. The first-order valence-corrected chi connectivity index (χ1v) is 15.5. The van der Waals surface area contributed by atoms with Crippen LogP contribution in [-0.2, 0) is 5.41 Å². The molecule has 2 N–H and O–H groups in total. The highest BCUT2D eigenvalue weighted by molar-refractivity contribution is 6.06. The van der Waals surface area contributed by atoms with E-state index in [0.717, 1.165) is 17.0 Å². The van der Waals surface area contributed by atoms with Crippen LogP contribution in [0.2, 0.25) is 0 Å². The second-order valence-corrected chi connectivity index (χ2v) is 12.1. The van der Waals surface area contributed by atoms with E-state index in [1.54, 1.807) is 0 Å². The molecule has 6 aromatic carbocycles. The molecule has 9 rings (SSSR count). The van der Waals surface area contributed by atoms with Crippen molar-refractivity contribution in [2.75, 3.05) is 0 Å². The molecular weight excluding hydrogens is 544 g/mol. The second kappa shape index (κ2) is 9.64. The van der Waals surface area contributed by atoms with Crippen LogP contribution < -0.4 is 5.73 Å². The Morgan fingerprint density at radius 1 is 0.600 bits per heavy atom. The molecule has 0 amide bonds. The lowest BCUT2D eigenvalue weighted by atomic mass is 9.69. The molecule has 0 aliphatic heterocycles. The topological polar surface area (TPSA) is 38.9 Å². The summed E-state index contributed by atoms with van der Waals surface area (Å²) in [5.74, 6) is 0. The van der Waals surface area contributed by atoms with Gasteiger partial charge in [0.2, 0.25) is 0 Å². The molecule has 0 fully saturated rings. The first-order valence-electron chi connectivity index (χ1n) is 15.5. The summed E-state index contributed by atoms with van der Waals surface area (Å²) in [6.07, 6.45) is 5.80. The van der Waals surface area contributed by atoms with Gasteiger partial charge >= 0.3 is 0 Å². The third-order valence-electron chi connectivity index (χ3n) is 9.74. The summed E-state index contributed by atoms with van der Waals surface area (Å²) >= 11 is 0. The maximum Gasteiger partial charge on any atom is 0.0866 e. The highest BCUT2D eigenvalue weighted by Crippen LogP contribution is 2.64. The van der Waals surface area contributed by atoms with Gasteiger partial charge in [0.05, 0.1) is 22.5 Å². The average Bonchev–Trinajstić information content (AvgIpc) is 3.56. The molecule has 1 aromatic heterocycles. The highest BCUT2D eigenvalue weighted by atomic mass is 14.8. The van der Waals surface area contributed by atoms with Crippen molar-refractivity contribution in [2.45, 2.75) is 12.3 Å². The lowest BCUT2D eigenvalue weighted by Gasteiger charge is -2.31. The SMILES string of the molecule is C/C=C\C=C(/N)c1cccc(-c2ccc3cc4c(cc3c2)C2(c3ccccc3-c3ccccc32)c2c-4ccc3ccccc23)n1. The molecule has 2 aliphatic rings. The number of fused-ring (bicyclic) bond motifs is 13. The summed E-state index contributed by atoms with van der Waals surface area (Å²) in [7, 11) is 0. The number of pyridine rings is 1. The van der Waals surface area contributed by atoms with Crippen LogP contribution >= 0.6 is 0 Å². The first kappa shape index (κ1) is 25.7. The van der Waals surface area contributed by atoms with Crippen LogP contribution in [0.1, 0.15) is 34.9 Å². The van der Waals surface area contributed by atoms with Crippen molar-refractivity contribution in [3.8, 4) is 33.5 Å². The summed E-state index contributed by atoms with van der Waals surface area (Å²) in [6, 6.07) is 49.1. The van der Waals surface area contributed by atoms with Gasteiger partial charge < -0.3 is 5.73 Å². The second-order valence-electron chi connectivity index (χ2n) is 12.1. The van der Waals surface area contributed by atoms with Crippen molar-refractivity contribution in [2.24, 2.45) is 5.73 Å². The Labute approximate surface area is 262 Å².